The van der Waals surface area contributed by atoms with E-state index in [0.717, 1.165) is 33.3 Å². The molecule has 4 heteroatoms. The maximum absolute atomic E-state index is 6.74. The van der Waals surface area contributed by atoms with Crippen molar-refractivity contribution in [2.24, 2.45) is 0 Å². The van der Waals surface area contributed by atoms with Crippen molar-refractivity contribution in [1.29, 1.82) is 0 Å². The van der Waals surface area contributed by atoms with Crippen molar-refractivity contribution in [3.63, 3.8) is 0 Å². The van der Waals surface area contributed by atoms with E-state index < -0.39 is 0 Å². The lowest BCUT2D eigenvalue weighted by atomic mass is 9.43. The molecule has 0 bridgehead atoms. The van der Waals surface area contributed by atoms with Crippen LogP contribution in [0.15, 0.2) is 180 Å². The van der Waals surface area contributed by atoms with Crippen LogP contribution in [0.3, 0.4) is 0 Å². The van der Waals surface area contributed by atoms with Crippen molar-refractivity contribution in [3.8, 4) is 33.4 Å². The van der Waals surface area contributed by atoms with E-state index in [0.29, 0.717) is 0 Å². The van der Waals surface area contributed by atoms with Gasteiger partial charge in [-0.05, 0) is 110 Å². The van der Waals surface area contributed by atoms with Gasteiger partial charge in [0.1, 0.15) is 11.2 Å². The van der Waals surface area contributed by atoms with Crippen molar-refractivity contribution in [3.05, 3.63) is 187 Å². The summed E-state index contributed by atoms with van der Waals surface area (Å²) in [5.74, 6) is 0. The van der Waals surface area contributed by atoms with Crippen LogP contribution in [0.5, 0.6) is 0 Å². The summed E-state index contributed by atoms with van der Waals surface area (Å²) in [6.45, 7) is 13.6. The molecule has 9 aromatic rings. The lowest BCUT2D eigenvalue weighted by Crippen LogP contribution is -2.61. The van der Waals surface area contributed by atoms with E-state index in [2.05, 4.69) is 227 Å². The van der Waals surface area contributed by atoms with Gasteiger partial charge in [0.25, 0.3) is 0 Å². The fourth-order valence-corrected chi connectivity index (χ4v) is 9.71. The predicted octanol–water partition coefficient (Wildman–Crippen LogP) is 14.2. The summed E-state index contributed by atoms with van der Waals surface area (Å²) in [7, 11) is 0. The topological polar surface area (TPSA) is 19.6 Å². The number of benzene rings is 8. The highest BCUT2D eigenvalue weighted by molar-refractivity contribution is 6.94. The molecule has 0 radical (unpaired) electrons. The van der Waals surface area contributed by atoms with Crippen molar-refractivity contribution >= 4 is 68.1 Å². The first-order valence-electron chi connectivity index (χ1n) is 21.2. The molecule has 60 heavy (non-hydrogen) atoms. The molecule has 0 spiro atoms. The van der Waals surface area contributed by atoms with E-state index in [9.17, 15) is 0 Å². The van der Waals surface area contributed by atoms with Crippen molar-refractivity contribution in [2.45, 2.75) is 52.4 Å². The maximum Gasteiger partial charge on any atom is 0.333 e. The van der Waals surface area contributed by atoms with E-state index in [1.807, 2.05) is 0 Å². The molecule has 8 aromatic carbocycles. The third kappa shape index (κ3) is 5.65. The van der Waals surface area contributed by atoms with Gasteiger partial charge in [-0.1, -0.05) is 163 Å². The first-order valence-corrected chi connectivity index (χ1v) is 21.2. The molecule has 0 amide bonds. The SMILES string of the molecule is CC(C)(C)c1ccc(N2B3c4ccc5oc6ccccc6c5c4N(c4ccc(C(C)(C)C)cc4-c4ccccc4)c4cc(-c5ccccc5)cc(c43)-c3ccccc32)cc1. The van der Waals surface area contributed by atoms with Crippen LogP contribution >= 0.6 is 0 Å². The van der Waals surface area contributed by atoms with Gasteiger partial charge in [-0.15, -0.1) is 0 Å². The monoisotopic (exact) mass is 774 g/mol. The number of para-hydroxylation sites is 2. The number of fused-ring (bicyclic) bond motifs is 8. The average molecular weight is 775 g/mol. The molecule has 2 aliphatic rings. The van der Waals surface area contributed by atoms with E-state index in [-0.39, 0.29) is 17.7 Å². The largest absolute Gasteiger partial charge is 0.456 e. The van der Waals surface area contributed by atoms with Crippen LogP contribution in [0.4, 0.5) is 28.4 Å². The second-order valence-corrected chi connectivity index (χ2v) is 18.6. The highest BCUT2D eigenvalue weighted by Gasteiger charge is 2.46. The van der Waals surface area contributed by atoms with Crippen LogP contribution < -0.4 is 20.6 Å². The summed E-state index contributed by atoms with van der Waals surface area (Å²) >= 11 is 0. The zero-order chi connectivity index (χ0) is 40.9. The maximum atomic E-state index is 6.74. The normalized spacial score (nSPS) is 13.4. The Balaban J connectivity index is 1.31. The molecule has 0 fully saturated rings. The van der Waals surface area contributed by atoms with Gasteiger partial charge in [-0.3, -0.25) is 0 Å². The molecular weight excluding hydrogens is 727 g/mol. The quantitative estimate of drug-likeness (QED) is 0.166. The number of nitrogens with zero attached hydrogens (tertiary/aromatic N) is 2. The molecule has 11 rings (SSSR count). The molecule has 0 N–H and O–H groups in total. The molecular formula is C56H47BN2O. The molecule has 1 aromatic heterocycles. The average Bonchev–Trinajstić information content (AvgIpc) is 3.65. The molecule has 0 saturated heterocycles. The van der Waals surface area contributed by atoms with Gasteiger partial charge in [0.05, 0.1) is 16.8 Å². The molecule has 3 heterocycles. The van der Waals surface area contributed by atoms with E-state index >= 15 is 0 Å². The van der Waals surface area contributed by atoms with E-state index in [4.69, 9.17) is 4.42 Å². The summed E-state index contributed by atoms with van der Waals surface area (Å²) in [6, 6.07) is 65.2. The van der Waals surface area contributed by atoms with Gasteiger partial charge in [-0.2, -0.15) is 0 Å². The number of anilines is 5. The Hall–Kier alpha value is -6.78. The van der Waals surface area contributed by atoms with Gasteiger partial charge in [-0.25, -0.2) is 0 Å². The lowest BCUT2D eigenvalue weighted by Gasteiger charge is -2.46. The number of furan rings is 1. The van der Waals surface area contributed by atoms with E-state index in [1.165, 1.54) is 72.5 Å². The first kappa shape index (κ1) is 36.3. The van der Waals surface area contributed by atoms with Crippen LogP contribution in [0, 0.1) is 0 Å². The van der Waals surface area contributed by atoms with Gasteiger partial charge in [0.2, 0.25) is 0 Å². The predicted molar refractivity (Wildman–Crippen MR) is 256 cm³/mol. The molecule has 0 saturated carbocycles. The first-order chi connectivity index (χ1) is 29.0. The fourth-order valence-electron chi connectivity index (χ4n) is 9.71. The van der Waals surface area contributed by atoms with Crippen molar-refractivity contribution < 1.29 is 4.42 Å². The number of rotatable bonds is 4. The molecule has 0 unspecified atom stereocenters. The fraction of sp³-hybridized carbons (Fsp3) is 0.143. The minimum absolute atomic E-state index is 0.0385. The van der Waals surface area contributed by atoms with Gasteiger partial charge in [0.15, 0.2) is 0 Å². The minimum Gasteiger partial charge on any atom is -0.456 e. The Morgan fingerprint density at radius 2 is 1.10 bits per heavy atom. The zero-order valence-corrected chi connectivity index (χ0v) is 35.1. The van der Waals surface area contributed by atoms with E-state index in [1.54, 1.807) is 0 Å². The molecule has 3 nitrogen and oxygen atoms in total. The zero-order valence-electron chi connectivity index (χ0n) is 35.1. The highest BCUT2D eigenvalue weighted by atomic mass is 16.3. The lowest BCUT2D eigenvalue weighted by molar-refractivity contribution is 0.590. The molecule has 2 aliphatic heterocycles. The summed E-state index contributed by atoms with van der Waals surface area (Å²) in [6.07, 6.45) is 0. The second kappa shape index (κ2) is 13.4. The Labute approximate surface area is 353 Å². The third-order valence-electron chi connectivity index (χ3n) is 12.8. The Morgan fingerprint density at radius 3 is 1.83 bits per heavy atom. The van der Waals surface area contributed by atoms with Crippen molar-refractivity contribution in [2.75, 3.05) is 9.71 Å². The number of hydrogen-bond donors (Lipinski definition) is 0. The van der Waals surface area contributed by atoms with Crippen LogP contribution in [0.25, 0.3) is 55.3 Å². The smallest absolute Gasteiger partial charge is 0.333 e. The van der Waals surface area contributed by atoms with Crippen LogP contribution in [-0.2, 0) is 10.8 Å². The van der Waals surface area contributed by atoms with Crippen LogP contribution in [-0.4, -0.2) is 6.85 Å². The summed E-state index contributed by atoms with van der Waals surface area (Å²) in [5.41, 5.74) is 20.0. The molecule has 0 atom stereocenters. The van der Waals surface area contributed by atoms with Crippen molar-refractivity contribution in [1.82, 2.24) is 0 Å². The Kier molecular flexibility index (Phi) is 8.09. The van der Waals surface area contributed by atoms with Gasteiger partial charge >= 0.3 is 6.85 Å². The second-order valence-electron chi connectivity index (χ2n) is 18.6. The minimum atomic E-state index is -0.131. The van der Waals surface area contributed by atoms with Gasteiger partial charge in [0, 0.05) is 33.6 Å². The molecule has 290 valence electrons. The van der Waals surface area contributed by atoms with Crippen LogP contribution in [0.2, 0.25) is 0 Å². The third-order valence-corrected chi connectivity index (χ3v) is 12.8. The Morgan fingerprint density at radius 1 is 0.450 bits per heavy atom. The standard InChI is InChI=1S/C56H47BN2O/c1-55(2,3)39-25-28-41(29-26-39)59-48-23-15-13-21-42(48)45-33-38(36-17-9-7-10-18-36)34-49-53(45)57(59)46-30-32-51-52(43-22-14-16-24-50(43)60-51)54(46)58(49)47-31-27-40(56(4,5)6)35-44(47)37-19-11-8-12-20-37/h7-35H,1-6H3. The van der Waals surface area contributed by atoms with Crippen LogP contribution in [0.1, 0.15) is 52.7 Å². The highest BCUT2D eigenvalue weighted by Crippen LogP contribution is 2.52. The summed E-state index contributed by atoms with van der Waals surface area (Å²) in [5, 5.41) is 2.24. The van der Waals surface area contributed by atoms with Gasteiger partial charge < -0.3 is 14.1 Å². The summed E-state index contributed by atoms with van der Waals surface area (Å²) in [4.78, 5) is 5.19. The summed E-state index contributed by atoms with van der Waals surface area (Å²) < 4.78 is 6.74. The Bertz CT molecular complexity index is 3110. The number of hydrogen-bond acceptors (Lipinski definition) is 3. The molecule has 0 aliphatic carbocycles.